The second-order valence-electron chi connectivity index (χ2n) is 6.36. The first-order chi connectivity index (χ1) is 12.9. The third-order valence-corrected chi connectivity index (χ3v) is 4.56. The van der Waals surface area contributed by atoms with Crippen molar-refractivity contribution in [3.63, 3.8) is 0 Å². The van der Waals surface area contributed by atoms with Crippen molar-refractivity contribution in [2.24, 2.45) is 0 Å². The minimum Gasteiger partial charge on any atom is -0.497 e. The zero-order valence-corrected chi connectivity index (χ0v) is 15.4. The highest BCUT2D eigenvalue weighted by Crippen LogP contribution is 2.24. The topological polar surface area (TPSA) is 68.5 Å². The quantitative estimate of drug-likeness (QED) is 0.687. The summed E-state index contributed by atoms with van der Waals surface area (Å²) in [5, 5.41) is 3.55. The average molecular weight is 369 g/mol. The highest BCUT2D eigenvalue weighted by Gasteiger charge is 2.14. The first-order valence-corrected chi connectivity index (χ1v) is 8.55. The lowest BCUT2D eigenvalue weighted by Crippen LogP contribution is -2.17. The van der Waals surface area contributed by atoms with Crippen LogP contribution in [0.1, 0.15) is 23.1 Å². The number of aryl methyl sites for hydroxylation is 2. The normalized spacial score (nSPS) is 10.8. The second kappa shape index (κ2) is 7.61. The van der Waals surface area contributed by atoms with Gasteiger partial charge in [0.2, 0.25) is 5.91 Å². The Morgan fingerprint density at radius 3 is 2.67 bits per heavy atom. The van der Waals surface area contributed by atoms with Crippen LogP contribution in [0.3, 0.4) is 0 Å². The number of amides is 1. The number of ether oxygens (including phenoxy) is 1. The van der Waals surface area contributed by atoms with Crippen molar-refractivity contribution in [2.75, 3.05) is 12.4 Å². The zero-order chi connectivity index (χ0) is 19.6. The van der Waals surface area contributed by atoms with Crippen LogP contribution >= 0.6 is 0 Å². The lowest BCUT2D eigenvalue weighted by Gasteiger charge is -2.10. The van der Waals surface area contributed by atoms with Crippen LogP contribution in [-0.4, -0.2) is 13.0 Å². The molecule has 1 N–H and O–H groups in total. The molecule has 1 amide bonds. The molecular formula is C21H20FNO4. The highest BCUT2D eigenvalue weighted by molar-refractivity contribution is 5.91. The molecule has 3 rings (SSSR count). The molecule has 2 aromatic carbocycles. The Bertz CT molecular complexity index is 1070. The first-order valence-electron chi connectivity index (χ1n) is 8.55. The molecule has 3 aromatic rings. The molecule has 0 aliphatic carbocycles. The number of benzene rings is 2. The molecular weight excluding hydrogens is 349 g/mol. The summed E-state index contributed by atoms with van der Waals surface area (Å²) in [5.74, 6) is -0.00305. The second-order valence-corrected chi connectivity index (χ2v) is 6.36. The Labute approximate surface area is 155 Å². The molecule has 0 saturated carbocycles. The Morgan fingerprint density at radius 2 is 1.96 bits per heavy atom. The summed E-state index contributed by atoms with van der Waals surface area (Å²) in [5.41, 5.74) is 2.44. The standard InChI is InChI=1S/C21H20FNO4/c1-12-10-14(22)4-8-18(12)23-20(24)9-7-17-13(2)16-6-5-15(26-3)11-19(16)27-21(17)25/h4-6,8,10-11H,7,9H2,1-3H3,(H,23,24). The monoisotopic (exact) mass is 369 g/mol. The fraction of sp³-hybridized carbons (Fsp3) is 0.238. The Hall–Kier alpha value is -3.15. The molecule has 0 saturated heterocycles. The molecule has 1 heterocycles. The number of hydrogen-bond donors (Lipinski definition) is 1. The predicted molar refractivity (Wildman–Crippen MR) is 102 cm³/mol. The van der Waals surface area contributed by atoms with Crippen LogP contribution in [0.5, 0.6) is 5.75 Å². The number of hydrogen-bond acceptors (Lipinski definition) is 4. The molecule has 27 heavy (non-hydrogen) atoms. The van der Waals surface area contributed by atoms with Crippen LogP contribution in [0.4, 0.5) is 10.1 Å². The number of carbonyl (C=O) groups is 1. The van der Waals surface area contributed by atoms with Crippen LogP contribution in [0.2, 0.25) is 0 Å². The summed E-state index contributed by atoms with van der Waals surface area (Å²) >= 11 is 0. The van der Waals surface area contributed by atoms with E-state index in [1.165, 1.54) is 18.2 Å². The van der Waals surface area contributed by atoms with E-state index in [1.54, 1.807) is 26.2 Å². The maximum Gasteiger partial charge on any atom is 0.339 e. The molecule has 0 atom stereocenters. The summed E-state index contributed by atoms with van der Waals surface area (Å²) < 4.78 is 23.7. The Morgan fingerprint density at radius 1 is 1.19 bits per heavy atom. The van der Waals surface area contributed by atoms with Crippen molar-refractivity contribution in [2.45, 2.75) is 26.7 Å². The summed E-state index contributed by atoms with van der Waals surface area (Å²) in [4.78, 5) is 24.6. The van der Waals surface area contributed by atoms with Gasteiger partial charge in [-0.3, -0.25) is 4.79 Å². The van der Waals surface area contributed by atoms with E-state index in [0.717, 1.165) is 10.9 Å². The largest absolute Gasteiger partial charge is 0.497 e. The number of anilines is 1. The van der Waals surface area contributed by atoms with Gasteiger partial charge in [0.05, 0.1) is 7.11 Å². The smallest absolute Gasteiger partial charge is 0.339 e. The van der Waals surface area contributed by atoms with Gasteiger partial charge in [-0.15, -0.1) is 0 Å². The Kier molecular flexibility index (Phi) is 5.26. The van der Waals surface area contributed by atoms with E-state index in [9.17, 15) is 14.0 Å². The molecule has 0 aliphatic rings. The van der Waals surface area contributed by atoms with Gasteiger partial charge in [-0.05, 0) is 61.7 Å². The third kappa shape index (κ3) is 4.00. The maximum atomic E-state index is 13.2. The van der Waals surface area contributed by atoms with Gasteiger partial charge >= 0.3 is 5.63 Å². The molecule has 140 valence electrons. The van der Waals surface area contributed by atoms with Crippen molar-refractivity contribution in [3.8, 4) is 5.75 Å². The predicted octanol–water partition coefficient (Wildman–Crippen LogP) is 4.13. The van der Waals surface area contributed by atoms with Gasteiger partial charge in [-0.1, -0.05) is 0 Å². The molecule has 0 bridgehead atoms. The summed E-state index contributed by atoms with van der Waals surface area (Å²) in [6.45, 7) is 3.55. The lowest BCUT2D eigenvalue weighted by molar-refractivity contribution is -0.116. The van der Waals surface area contributed by atoms with Gasteiger partial charge in [-0.25, -0.2) is 9.18 Å². The van der Waals surface area contributed by atoms with E-state index in [2.05, 4.69) is 5.32 Å². The van der Waals surface area contributed by atoms with Crippen molar-refractivity contribution in [1.82, 2.24) is 0 Å². The van der Waals surface area contributed by atoms with Crippen molar-refractivity contribution < 1.29 is 18.3 Å². The van der Waals surface area contributed by atoms with E-state index in [0.29, 0.717) is 28.1 Å². The number of nitrogens with one attached hydrogen (secondary N) is 1. The van der Waals surface area contributed by atoms with Crippen LogP contribution in [0, 0.1) is 19.7 Å². The van der Waals surface area contributed by atoms with Crippen LogP contribution < -0.4 is 15.7 Å². The van der Waals surface area contributed by atoms with Crippen LogP contribution in [-0.2, 0) is 11.2 Å². The van der Waals surface area contributed by atoms with Crippen molar-refractivity contribution in [1.29, 1.82) is 0 Å². The molecule has 0 fully saturated rings. The summed E-state index contributed by atoms with van der Waals surface area (Å²) in [7, 11) is 1.54. The fourth-order valence-electron chi connectivity index (χ4n) is 3.01. The number of fused-ring (bicyclic) bond motifs is 1. The fourth-order valence-corrected chi connectivity index (χ4v) is 3.01. The van der Waals surface area contributed by atoms with Gasteiger partial charge in [0.15, 0.2) is 0 Å². The van der Waals surface area contributed by atoms with E-state index in [1.807, 2.05) is 13.0 Å². The van der Waals surface area contributed by atoms with Crippen molar-refractivity contribution in [3.05, 3.63) is 69.3 Å². The molecule has 6 heteroatoms. The van der Waals surface area contributed by atoms with Gasteiger partial charge in [0, 0.05) is 29.1 Å². The lowest BCUT2D eigenvalue weighted by atomic mass is 10.0. The molecule has 1 aromatic heterocycles. The van der Waals surface area contributed by atoms with E-state index in [-0.39, 0.29) is 24.6 Å². The maximum absolute atomic E-state index is 13.2. The van der Waals surface area contributed by atoms with Gasteiger partial charge in [0.1, 0.15) is 17.1 Å². The average Bonchev–Trinajstić information content (AvgIpc) is 2.63. The molecule has 0 aliphatic heterocycles. The third-order valence-electron chi connectivity index (χ3n) is 4.56. The minimum atomic E-state index is -0.459. The first kappa shape index (κ1) is 18.6. The minimum absolute atomic E-state index is 0.115. The molecule has 5 nitrogen and oxygen atoms in total. The Balaban J connectivity index is 1.78. The highest BCUT2D eigenvalue weighted by atomic mass is 19.1. The summed E-state index contributed by atoms with van der Waals surface area (Å²) in [6.07, 6.45) is 0.367. The van der Waals surface area contributed by atoms with E-state index >= 15 is 0 Å². The zero-order valence-electron chi connectivity index (χ0n) is 15.4. The molecule has 0 unspecified atom stereocenters. The van der Waals surface area contributed by atoms with Crippen LogP contribution in [0.25, 0.3) is 11.0 Å². The van der Waals surface area contributed by atoms with Gasteiger partial charge in [-0.2, -0.15) is 0 Å². The van der Waals surface area contributed by atoms with Crippen LogP contribution in [0.15, 0.2) is 45.6 Å². The van der Waals surface area contributed by atoms with E-state index < -0.39 is 5.63 Å². The van der Waals surface area contributed by atoms with Gasteiger partial charge < -0.3 is 14.5 Å². The van der Waals surface area contributed by atoms with E-state index in [4.69, 9.17) is 9.15 Å². The number of methoxy groups -OCH3 is 1. The SMILES string of the molecule is COc1ccc2c(C)c(CCC(=O)Nc3ccc(F)cc3C)c(=O)oc2c1. The van der Waals surface area contributed by atoms with Gasteiger partial charge in [0.25, 0.3) is 0 Å². The number of carbonyl (C=O) groups excluding carboxylic acids is 1. The molecule has 0 spiro atoms. The number of halogens is 1. The van der Waals surface area contributed by atoms with Crippen molar-refractivity contribution >= 4 is 22.6 Å². The molecule has 0 radical (unpaired) electrons. The number of rotatable bonds is 5. The summed E-state index contributed by atoms with van der Waals surface area (Å²) in [6, 6.07) is 9.45.